The van der Waals surface area contributed by atoms with E-state index in [1.54, 1.807) is 13.3 Å². The largest absolute Gasteiger partial charge is 0.496 e. The number of aromatic nitrogens is 3. The molecule has 0 saturated heterocycles. The van der Waals surface area contributed by atoms with E-state index in [0.29, 0.717) is 11.7 Å². The molecule has 22 heavy (non-hydrogen) atoms. The molecule has 0 fully saturated rings. The topological polar surface area (TPSA) is 66.8 Å². The number of nitrogens with zero attached hydrogens (tertiary/aromatic N) is 1. The normalized spacial score (nSPS) is 11.2. The van der Waals surface area contributed by atoms with Gasteiger partial charge in [-0.3, -0.25) is 0 Å². The maximum atomic E-state index is 5.82. The minimum Gasteiger partial charge on any atom is -0.496 e. The highest BCUT2D eigenvalue weighted by Gasteiger charge is 2.13. The molecule has 0 aliphatic heterocycles. The van der Waals surface area contributed by atoms with Crippen molar-refractivity contribution in [3.8, 4) is 28.8 Å². The predicted octanol–water partition coefficient (Wildman–Crippen LogP) is 4.59. The average Bonchev–Trinajstić information content (AvgIpc) is 3.23. The van der Waals surface area contributed by atoms with Crippen LogP contribution in [0.1, 0.15) is 0 Å². The van der Waals surface area contributed by atoms with Gasteiger partial charge in [-0.1, -0.05) is 15.9 Å². The van der Waals surface area contributed by atoms with Gasteiger partial charge in [-0.25, -0.2) is 4.98 Å². The number of benzene rings is 1. The average molecular weight is 358 g/mol. The number of H-pyrrole nitrogens is 2. The molecule has 1 aromatic carbocycles. The summed E-state index contributed by atoms with van der Waals surface area (Å²) in [6.07, 6.45) is 3.55. The smallest absolute Gasteiger partial charge is 0.243 e. The minimum atomic E-state index is 0.562. The molecular formula is C16H12BrN3O2. The van der Waals surface area contributed by atoms with Crippen molar-refractivity contribution in [2.24, 2.45) is 0 Å². The summed E-state index contributed by atoms with van der Waals surface area (Å²) >= 11 is 3.48. The van der Waals surface area contributed by atoms with Crippen LogP contribution in [0.5, 0.6) is 5.75 Å². The Balaban J connectivity index is 1.81. The van der Waals surface area contributed by atoms with Crippen molar-refractivity contribution in [2.75, 3.05) is 7.11 Å². The van der Waals surface area contributed by atoms with Gasteiger partial charge in [0.2, 0.25) is 5.89 Å². The van der Waals surface area contributed by atoms with E-state index in [0.717, 1.165) is 32.5 Å². The number of fused-ring (bicyclic) bond motifs is 1. The zero-order valence-electron chi connectivity index (χ0n) is 11.7. The van der Waals surface area contributed by atoms with E-state index in [1.165, 1.54) is 0 Å². The van der Waals surface area contributed by atoms with Crippen LogP contribution < -0.4 is 4.74 Å². The van der Waals surface area contributed by atoms with Crippen molar-refractivity contribution in [1.29, 1.82) is 0 Å². The highest BCUT2D eigenvalue weighted by atomic mass is 79.9. The fourth-order valence-corrected chi connectivity index (χ4v) is 2.90. The van der Waals surface area contributed by atoms with Gasteiger partial charge in [0.15, 0.2) is 5.76 Å². The number of hydrogen-bond donors (Lipinski definition) is 2. The molecule has 4 rings (SSSR count). The molecule has 0 bridgehead atoms. The first kappa shape index (κ1) is 13.2. The monoisotopic (exact) mass is 357 g/mol. The molecule has 0 amide bonds. The Labute approximate surface area is 134 Å². The number of halogens is 1. The summed E-state index contributed by atoms with van der Waals surface area (Å²) in [6, 6.07) is 9.76. The molecule has 3 heterocycles. The zero-order chi connectivity index (χ0) is 15.1. The second-order valence-corrected chi connectivity index (χ2v) is 5.78. The fraction of sp³-hybridized carbons (Fsp3) is 0.0625. The van der Waals surface area contributed by atoms with E-state index in [4.69, 9.17) is 9.15 Å². The third-order valence-corrected chi connectivity index (χ3v) is 3.94. The van der Waals surface area contributed by atoms with Crippen molar-refractivity contribution in [2.45, 2.75) is 0 Å². The second-order valence-electron chi connectivity index (χ2n) is 4.87. The number of rotatable bonds is 3. The number of hydrogen-bond acceptors (Lipinski definition) is 3. The molecule has 3 aromatic heterocycles. The quantitative estimate of drug-likeness (QED) is 0.563. The third-order valence-electron chi connectivity index (χ3n) is 3.48. The van der Waals surface area contributed by atoms with Crippen LogP contribution in [0.2, 0.25) is 0 Å². The molecule has 5 nitrogen and oxygen atoms in total. The van der Waals surface area contributed by atoms with Crippen molar-refractivity contribution >= 4 is 26.8 Å². The summed E-state index contributed by atoms with van der Waals surface area (Å²) in [7, 11) is 1.66. The molecule has 6 heteroatoms. The van der Waals surface area contributed by atoms with Gasteiger partial charge in [-0.05, 0) is 30.3 Å². The molecule has 0 radical (unpaired) electrons. The maximum Gasteiger partial charge on any atom is 0.243 e. The van der Waals surface area contributed by atoms with Gasteiger partial charge in [-0.2, -0.15) is 0 Å². The second kappa shape index (κ2) is 5.06. The fourth-order valence-electron chi connectivity index (χ4n) is 2.46. The first-order valence-electron chi connectivity index (χ1n) is 6.71. The van der Waals surface area contributed by atoms with Crippen LogP contribution in [0.3, 0.4) is 0 Å². The number of oxazole rings is 1. The minimum absolute atomic E-state index is 0.562. The van der Waals surface area contributed by atoms with Gasteiger partial charge < -0.3 is 19.1 Å². The lowest BCUT2D eigenvalue weighted by molar-refractivity contribution is 0.419. The van der Waals surface area contributed by atoms with Crippen LogP contribution in [-0.2, 0) is 0 Å². The highest BCUT2D eigenvalue weighted by molar-refractivity contribution is 9.10. The first-order valence-corrected chi connectivity index (χ1v) is 7.50. The van der Waals surface area contributed by atoms with Gasteiger partial charge in [-0.15, -0.1) is 0 Å². The van der Waals surface area contributed by atoms with Gasteiger partial charge in [0, 0.05) is 16.1 Å². The number of methoxy groups -OCH3 is 1. The number of aromatic amines is 2. The highest BCUT2D eigenvalue weighted by Crippen LogP contribution is 2.34. The lowest BCUT2D eigenvalue weighted by Crippen LogP contribution is -1.83. The Kier molecular flexibility index (Phi) is 3.04. The van der Waals surface area contributed by atoms with E-state index in [-0.39, 0.29) is 0 Å². The molecule has 2 N–H and O–H groups in total. The Morgan fingerprint density at radius 1 is 1.23 bits per heavy atom. The van der Waals surface area contributed by atoms with Gasteiger partial charge >= 0.3 is 0 Å². The predicted molar refractivity (Wildman–Crippen MR) is 87.8 cm³/mol. The van der Waals surface area contributed by atoms with Crippen LogP contribution in [0, 0.1) is 0 Å². The first-order chi connectivity index (χ1) is 10.7. The van der Waals surface area contributed by atoms with E-state index in [1.807, 2.05) is 36.5 Å². The van der Waals surface area contributed by atoms with E-state index < -0.39 is 0 Å². The van der Waals surface area contributed by atoms with Crippen molar-refractivity contribution < 1.29 is 9.15 Å². The van der Waals surface area contributed by atoms with Gasteiger partial charge in [0.25, 0.3) is 0 Å². The zero-order valence-corrected chi connectivity index (χ0v) is 13.3. The molecule has 0 saturated carbocycles. The SMILES string of the molecule is COc1cc(Br)cc2[nH]c(-c3cnc(-c4ccc[nH]4)o3)cc12. The lowest BCUT2D eigenvalue weighted by Gasteiger charge is -2.01. The molecule has 110 valence electrons. The maximum absolute atomic E-state index is 5.82. The van der Waals surface area contributed by atoms with Crippen LogP contribution in [0.25, 0.3) is 33.9 Å². The Morgan fingerprint density at radius 3 is 2.91 bits per heavy atom. The van der Waals surface area contributed by atoms with Crippen molar-refractivity contribution in [3.05, 3.63) is 47.2 Å². The molecule has 0 aliphatic carbocycles. The van der Waals surface area contributed by atoms with Crippen LogP contribution >= 0.6 is 15.9 Å². The van der Waals surface area contributed by atoms with Crippen molar-refractivity contribution in [1.82, 2.24) is 15.0 Å². The number of ether oxygens (including phenoxy) is 1. The Hall–Kier alpha value is -2.47. The van der Waals surface area contributed by atoms with E-state index >= 15 is 0 Å². The standard InChI is InChI=1S/C16H12BrN3O2/c1-21-14-6-9(17)5-12-10(14)7-13(20-12)15-8-19-16(22-15)11-3-2-4-18-11/h2-8,18,20H,1H3. The van der Waals surface area contributed by atoms with E-state index in [2.05, 4.69) is 30.9 Å². The summed E-state index contributed by atoms with van der Waals surface area (Å²) in [5.41, 5.74) is 2.68. The number of nitrogens with one attached hydrogen (secondary N) is 2. The van der Waals surface area contributed by atoms with Crippen LogP contribution in [-0.4, -0.2) is 22.1 Å². The summed E-state index contributed by atoms with van der Waals surface area (Å²) in [6.45, 7) is 0. The van der Waals surface area contributed by atoms with Crippen LogP contribution in [0.15, 0.2) is 51.6 Å². The summed E-state index contributed by atoms with van der Waals surface area (Å²) < 4.78 is 12.2. The molecule has 4 aromatic rings. The summed E-state index contributed by atoms with van der Waals surface area (Å²) in [4.78, 5) is 10.7. The molecular weight excluding hydrogens is 346 g/mol. The van der Waals surface area contributed by atoms with Crippen LogP contribution in [0.4, 0.5) is 0 Å². The molecule has 0 spiro atoms. The molecule has 0 aliphatic rings. The van der Waals surface area contributed by atoms with Gasteiger partial charge in [0.1, 0.15) is 11.4 Å². The summed E-state index contributed by atoms with van der Waals surface area (Å²) in [5.74, 6) is 2.04. The van der Waals surface area contributed by atoms with Gasteiger partial charge in [0.05, 0.1) is 24.5 Å². The van der Waals surface area contributed by atoms with Crippen molar-refractivity contribution in [3.63, 3.8) is 0 Å². The summed E-state index contributed by atoms with van der Waals surface area (Å²) in [5, 5.41) is 0.999. The van der Waals surface area contributed by atoms with E-state index in [9.17, 15) is 0 Å². The Morgan fingerprint density at radius 2 is 2.14 bits per heavy atom. The third kappa shape index (κ3) is 2.12. The lowest BCUT2D eigenvalue weighted by atomic mass is 10.2. The molecule has 0 atom stereocenters. The Bertz CT molecular complexity index is 938. The molecule has 0 unspecified atom stereocenters.